The molecule has 1 aromatic rings. The Bertz CT molecular complexity index is 945. The van der Waals surface area contributed by atoms with Crippen LogP contribution in [-0.2, 0) is 19.0 Å². The van der Waals surface area contributed by atoms with E-state index in [4.69, 9.17) is 14.2 Å². The maximum Gasteiger partial charge on any atom is 0.338 e. The fraction of sp³-hybridized carbons (Fsp3) is 0.565. The van der Waals surface area contributed by atoms with Crippen LogP contribution in [0.5, 0.6) is 11.5 Å². The number of phenolic OH excluding ortho intramolecular Hbond substituents is 2. The zero-order valence-corrected chi connectivity index (χ0v) is 18.8. The molecule has 0 amide bonds. The van der Waals surface area contributed by atoms with E-state index in [1.165, 1.54) is 6.07 Å². The molecular weight excluding hydrogens is 452 g/mol. The van der Waals surface area contributed by atoms with Gasteiger partial charge >= 0.3 is 11.9 Å². The van der Waals surface area contributed by atoms with E-state index in [0.29, 0.717) is 18.4 Å². The molecule has 3 rings (SSSR count). The Labute approximate surface area is 195 Å². The van der Waals surface area contributed by atoms with Gasteiger partial charge in [-0.05, 0) is 43.9 Å². The van der Waals surface area contributed by atoms with Gasteiger partial charge in [-0.25, -0.2) is 4.79 Å². The van der Waals surface area contributed by atoms with Crippen LogP contribution in [0.25, 0.3) is 0 Å². The molecule has 0 aromatic heterocycles. The Morgan fingerprint density at radius 1 is 1.12 bits per heavy atom. The van der Waals surface area contributed by atoms with Crippen molar-refractivity contribution < 1.29 is 54.4 Å². The van der Waals surface area contributed by atoms with Crippen molar-refractivity contribution in [3.8, 4) is 11.5 Å². The number of aromatic hydroxyl groups is 2. The van der Waals surface area contributed by atoms with E-state index in [9.17, 15) is 40.2 Å². The summed E-state index contributed by atoms with van der Waals surface area (Å²) < 4.78 is 16.1. The van der Waals surface area contributed by atoms with Crippen molar-refractivity contribution >= 4 is 11.9 Å². The quantitative estimate of drug-likeness (QED) is 0.182. The first kappa shape index (κ1) is 25.9. The van der Waals surface area contributed by atoms with Crippen molar-refractivity contribution in [1.82, 2.24) is 0 Å². The first-order chi connectivity index (χ1) is 16.1. The molecule has 0 saturated carbocycles. The molecule has 1 aromatic carbocycles. The fourth-order valence-corrected chi connectivity index (χ4v) is 4.48. The normalized spacial score (nSPS) is 33.6. The Hall–Kier alpha value is -2.70. The minimum Gasteiger partial charge on any atom is -0.504 e. The van der Waals surface area contributed by atoms with Crippen molar-refractivity contribution in [1.29, 1.82) is 0 Å². The number of hydrogen-bond acceptors (Lipinski definition) is 11. The molecule has 0 spiro atoms. The summed E-state index contributed by atoms with van der Waals surface area (Å²) in [4.78, 5) is 26.0. The number of carbonyl (C=O) groups is 2. The van der Waals surface area contributed by atoms with Gasteiger partial charge in [0.1, 0.15) is 17.6 Å². The van der Waals surface area contributed by atoms with Gasteiger partial charge in [0.15, 0.2) is 30.0 Å². The lowest BCUT2D eigenvalue weighted by Gasteiger charge is -2.44. The zero-order valence-electron chi connectivity index (χ0n) is 18.8. The van der Waals surface area contributed by atoms with Crippen LogP contribution in [0.3, 0.4) is 0 Å². The van der Waals surface area contributed by atoms with Gasteiger partial charge < -0.3 is 44.8 Å². The molecule has 0 bridgehead atoms. The number of aliphatic hydroxyl groups is 4. The molecule has 11 heteroatoms. The number of allylic oxidation sites excluding steroid dienone is 1. The highest BCUT2D eigenvalue weighted by Gasteiger charge is 2.53. The van der Waals surface area contributed by atoms with E-state index < -0.39 is 72.8 Å². The SMILES string of the molecule is CC1=CCCC(C)C1(CO)C(=O)OC1C(O)C(O)OC(CO)C1OC(=O)c1ccc(O)c(O)c1. The second-order valence-electron chi connectivity index (χ2n) is 8.68. The lowest BCUT2D eigenvalue weighted by Crippen LogP contribution is -2.62. The third-order valence-electron chi connectivity index (χ3n) is 6.72. The molecule has 34 heavy (non-hydrogen) atoms. The van der Waals surface area contributed by atoms with Crippen LogP contribution in [0, 0.1) is 11.3 Å². The number of aliphatic hydroxyl groups excluding tert-OH is 4. The van der Waals surface area contributed by atoms with Gasteiger partial charge in [0.2, 0.25) is 0 Å². The smallest absolute Gasteiger partial charge is 0.338 e. The molecule has 1 fully saturated rings. The summed E-state index contributed by atoms with van der Waals surface area (Å²) >= 11 is 0. The van der Waals surface area contributed by atoms with Gasteiger partial charge in [-0.3, -0.25) is 4.79 Å². The summed E-state index contributed by atoms with van der Waals surface area (Å²) in [5, 5.41) is 59.6. The van der Waals surface area contributed by atoms with E-state index in [1.807, 2.05) is 6.08 Å². The molecule has 6 N–H and O–H groups in total. The van der Waals surface area contributed by atoms with E-state index in [1.54, 1.807) is 13.8 Å². The summed E-state index contributed by atoms with van der Waals surface area (Å²) in [5.74, 6) is -3.26. The van der Waals surface area contributed by atoms with Crippen molar-refractivity contribution in [3.63, 3.8) is 0 Å². The van der Waals surface area contributed by atoms with Crippen LogP contribution in [-0.4, -0.2) is 86.5 Å². The van der Waals surface area contributed by atoms with Crippen LogP contribution in [0.1, 0.15) is 37.0 Å². The third-order valence-corrected chi connectivity index (χ3v) is 6.72. The van der Waals surface area contributed by atoms with Gasteiger partial charge in [-0.15, -0.1) is 0 Å². The average molecular weight is 482 g/mol. The maximum atomic E-state index is 13.4. The standard InChI is InChI=1S/C23H30O11/c1-11-4-3-5-12(2)23(11,10-25)22(31)34-19-17(28)21(30)32-16(9-24)18(19)33-20(29)13-6-7-14(26)15(27)8-13/h4,6-8,12,16-19,21,24-28,30H,3,5,9-10H2,1-2H3. The highest BCUT2D eigenvalue weighted by Crippen LogP contribution is 2.43. The van der Waals surface area contributed by atoms with Gasteiger partial charge in [0, 0.05) is 0 Å². The second-order valence-corrected chi connectivity index (χ2v) is 8.68. The number of ether oxygens (including phenoxy) is 3. The topological polar surface area (TPSA) is 183 Å². The lowest BCUT2D eigenvalue weighted by molar-refractivity contribution is -0.291. The molecule has 2 aliphatic rings. The molecule has 1 saturated heterocycles. The van der Waals surface area contributed by atoms with Crippen LogP contribution in [0.15, 0.2) is 29.8 Å². The number of carbonyl (C=O) groups excluding carboxylic acids is 2. The van der Waals surface area contributed by atoms with Gasteiger partial charge in [-0.1, -0.05) is 18.6 Å². The van der Waals surface area contributed by atoms with Crippen LogP contribution >= 0.6 is 0 Å². The molecule has 1 heterocycles. The molecule has 7 atom stereocenters. The number of benzene rings is 1. The Morgan fingerprint density at radius 2 is 1.82 bits per heavy atom. The number of phenols is 2. The maximum absolute atomic E-state index is 13.4. The molecule has 11 nitrogen and oxygen atoms in total. The van der Waals surface area contributed by atoms with E-state index in [2.05, 4.69) is 0 Å². The highest BCUT2D eigenvalue weighted by atomic mass is 16.7. The Morgan fingerprint density at radius 3 is 2.41 bits per heavy atom. The Balaban J connectivity index is 1.92. The van der Waals surface area contributed by atoms with E-state index in [-0.39, 0.29) is 11.5 Å². The fourth-order valence-electron chi connectivity index (χ4n) is 4.48. The predicted molar refractivity (Wildman–Crippen MR) is 115 cm³/mol. The second kappa shape index (κ2) is 10.3. The van der Waals surface area contributed by atoms with Crippen LogP contribution < -0.4 is 0 Å². The molecule has 7 unspecified atom stereocenters. The van der Waals surface area contributed by atoms with Crippen molar-refractivity contribution in [2.75, 3.05) is 13.2 Å². The van der Waals surface area contributed by atoms with E-state index >= 15 is 0 Å². The van der Waals surface area contributed by atoms with Crippen LogP contribution in [0.4, 0.5) is 0 Å². The summed E-state index contributed by atoms with van der Waals surface area (Å²) in [5.41, 5.74) is -0.982. The summed E-state index contributed by atoms with van der Waals surface area (Å²) in [6.45, 7) is 2.16. The largest absolute Gasteiger partial charge is 0.504 e. The van der Waals surface area contributed by atoms with Crippen molar-refractivity contribution in [3.05, 3.63) is 35.4 Å². The predicted octanol–water partition coefficient (Wildman–Crippen LogP) is -0.0397. The first-order valence-corrected chi connectivity index (χ1v) is 10.9. The zero-order chi connectivity index (χ0) is 25.2. The van der Waals surface area contributed by atoms with E-state index in [0.717, 1.165) is 12.1 Å². The van der Waals surface area contributed by atoms with Crippen molar-refractivity contribution in [2.24, 2.45) is 11.3 Å². The average Bonchev–Trinajstić information content (AvgIpc) is 2.80. The number of hydrogen-bond donors (Lipinski definition) is 6. The number of rotatable bonds is 6. The first-order valence-electron chi connectivity index (χ1n) is 10.9. The van der Waals surface area contributed by atoms with Gasteiger partial charge in [0.25, 0.3) is 0 Å². The molecule has 0 radical (unpaired) electrons. The van der Waals surface area contributed by atoms with Crippen molar-refractivity contribution in [2.45, 2.75) is 57.4 Å². The minimum absolute atomic E-state index is 0.177. The summed E-state index contributed by atoms with van der Waals surface area (Å²) in [7, 11) is 0. The molecular formula is C23H30O11. The summed E-state index contributed by atoms with van der Waals surface area (Å²) in [6.07, 6.45) is -5.11. The number of esters is 2. The lowest BCUT2D eigenvalue weighted by atomic mass is 9.66. The Kier molecular flexibility index (Phi) is 7.84. The highest BCUT2D eigenvalue weighted by molar-refractivity contribution is 5.90. The minimum atomic E-state index is -1.85. The molecule has 1 aliphatic heterocycles. The van der Waals surface area contributed by atoms with Gasteiger partial charge in [0.05, 0.1) is 18.8 Å². The molecule has 1 aliphatic carbocycles. The monoisotopic (exact) mass is 482 g/mol. The van der Waals surface area contributed by atoms with Gasteiger partial charge in [-0.2, -0.15) is 0 Å². The van der Waals surface area contributed by atoms with Crippen LogP contribution in [0.2, 0.25) is 0 Å². The summed E-state index contributed by atoms with van der Waals surface area (Å²) in [6, 6.07) is 3.17. The third kappa shape index (κ3) is 4.62. The molecule has 188 valence electrons.